The summed E-state index contributed by atoms with van der Waals surface area (Å²) < 4.78 is 70.7. The van der Waals surface area contributed by atoms with Gasteiger partial charge in [-0.3, -0.25) is 9.97 Å². The highest BCUT2D eigenvalue weighted by Crippen LogP contribution is 2.31. The Hall–Kier alpha value is -3.97. The predicted octanol–water partition coefficient (Wildman–Crippen LogP) is 5.04. The number of aliphatic carboxylic acids is 1. The molecule has 14 heteroatoms. The summed E-state index contributed by atoms with van der Waals surface area (Å²) >= 11 is 0. The molecule has 0 radical (unpaired) electrons. The van der Waals surface area contributed by atoms with Crippen LogP contribution in [0.4, 0.5) is 38.0 Å². The number of hydrogen-bond donors (Lipinski definition) is 2. The Morgan fingerprint density at radius 3 is 2.33 bits per heavy atom. The van der Waals surface area contributed by atoms with Gasteiger partial charge in [0.25, 0.3) is 0 Å². The zero-order valence-corrected chi connectivity index (χ0v) is 19.3. The summed E-state index contributed by atoms with van der Waals surface area (Å²) in [6.45, 7) is 4.06. The van der Waals surface area contributed by atoms with E-state index in [0.29, 0.717) is 29.6 Å². The fourth-order valence-electron chi connectivity index (χ4n) is 2.85. The van der Waals surface area contributed by atoms with Crippen LogP contribution < -0.4 is 10.2 Å². The first kappa shape index (κ1) is 28.3. The van der Waals surface area contributed by atoms with Crippen LogP contribution in [-0.4, -0.2) is 44.2 Å². The van der Waals surface area contributed by atoms with Gasteiger partial charge >= 0.3 is 18.3 Å². The van der Waals surface area contributed by atoms with Crippen LogP contribution in [0.15, 0.2) is 48.9 Å². The van der Waals surface area contributed by atoms with Gasteiger partial charge in [0.15, 0.2) is 0 Å². The molecule has 1 atom stereocenters. The van der Waals surface area contributed by atoms with Crippen molar-refractivity contribution in [2.45, 2.75) is 38.8 Å². The lowest BCUT2D eigenvalue weighted by atomic mass is 10.0. The molecule has 2 heterocycles. The number of anilines is 2. The molecule has 36 heavy (non-hydrogen) atoms. The number of carboxylic acid groups (broad SMARTS) is 1. The number of carbonyl (C=O) groups is 1. The van der Waals surface area contributed by atoms with Crippen LogP contribution in [0.3, 0.4) is 0 Å². The Labute approximate surface area is 202 Å². The van der Waals surface area contributed by atoms with Crippen molar-refractivity contribution in [3.8, 4) is 0 Å². The summed E-state index contributed by atoms with van der Waals surface area (Å²) in [5.41, 5.74) is 0.635. The number of hydrogen-bond acceptors (Lipinski definition) is 7. The smallest absolute Gasteiger partial charge is 0.475 e. The van der Waals surface area contributed by atoms with E-state index in [1.54, 1.807) is 44.6 Å². The number of nitrogens with one attached hydrogen (secondary N) is 1. The molecule has 0 aliphatic rings. The van der Waals surface area contributed by atoms with Crippen LogP contribution in [0.1, 0.15) is 35.6 Å². The lowest BCUT2D eigenvalue weighted by molar-refractivity contribution is -0.192. The number of aryl methyl sites for hydroxylation is 1. The van der Waals surface area contributed by atoms with Gasteiger partial charge < -0.3 is 15.3 Å². The highest BCUT2D eigenvalue weighted by Gasteiger charge is 2.38. The quantitative estimate of drug-likeness (QED) is 0.440. The zero-order chi connectivity index (χ0) is 27.1. The number of benzene rings is 1. The van der Waals surface area contributed by atoms with E-state index in [1.807, 2.05) is 11.9 Å². The molecule has 1 aromatic carbocycles. The molecule has 0 spiro atoms. The third-order valence-corrected chi connectivity index (χ3v) is 4.55. The summed E-state index contributed by atoms with van der Waals surface area (Å²) in [6, 6.07) is 6.65. The van der Waals surface area contributed by atoms with Crippen LogP contribution in [-0.2, 0) is 17.5 Å². The summed E-state index contributed by atoms with van der Waals surface area (Å²) in [5, 5.41) is 10.3. The molecule has 2 aromatic heterocycles. The van der Waals surface area contributed by atoms with Crippen molar-refractivity contribution in [2.24, 2.45) is 0 Å². The van der Waals surface area contributed by atoms with Crippen molar-refractivity contribution in [3.05, 3.63) is 71.6 Å². The minimum Gasteiger partial charge on any atom is -0.475 e. The minimum absolute atomic E-state index is 0.371. The number of nitrogens with zero attached hydrogens (tertiary/aromatic N) is 5. The number of carboxylic acids is 1. The molecule has 0 saturated heterocycles. The highest BCUT2D eigenvalue weighted by atomic mass is 19.4. The Balaban J connectivity index is 0.000000572. The molecule has 2 N–H and O–H groups in total. The van der Waals surface area contributed by atoms with Crippen LogP contribution in [0.2, 0.25) is 0 Å². The maximum atomic E-state index is 13.0. The molecule has 0 amide bonds. The van der Waals surface area contributed by atoms with Crippen molar-refractivity contribution in [2.75, 3.05) is 17.3 Å². The molecule has 194 valence electrons. The average molecular weight is 516 g/mol. The van der Waals surface area contributed by atoms with Gasteiger partial charge in [-0.1, -0.05) is 12.1 Å². The molecule has 0 aliphatic carbocycles. The largest absolute Gasteiger partial charge is 0.490 e. The van der Waals surface area contributed by atoms with E-state index in [0.717, 1.165) is 17.8 Å². The second-order valence-electron chi connectivity index (χ2n) is 7.50. The number of rotatable bonds is 6. The summed E-state index contributed by atoms with van der Waals surface area (Å²) in [7, 11) is 1.87. The van der Waals surface area contributed by atoms with Gasteiger partial charge in [0.2, 0.25) is 0 Å². The van der Waals surface area contributed by atoms with E-state index >= 15 is 0 Å². The van der Waals surface area contributed by atoms with Gasteiger partial charge in [0, 0.05) is 31.5 Å². The summed E-state index contributed by atoms with van der Waals surface area (Å²) in [5.74, 6) is -1.01. The van der Waals surface area contributed by atoms with Crippen molar-refractivity contribution >= 4 is 17.6 Å². The molecule has 0 fully saturated rings. The van der Waals surface area contributed by atoms with E-state index in [9.17, 15) is 26.3 Å². The van der Waals surface area contributed by atoms with Gasteiger partial charge in [-0.05, 0) is 31.5 Å². The molecule has 3 rings (SSSR count). The normalized spacial score (nSPS) is 12.2. The summed E-state index contributed by atoms with van der Waals surface area (Å²) in [6.07, 6.45) is -4.55. The van der Waals surface area contributed by atoms with Crippen LogP contribution in [0.5, 0.6) is 0 Å². The molecule has 0 saturated carbocycles. The molecular weight excluding hydrogens is 494 g/mol. The van der Waals surface area contributed by atoms with Crippen molar-refractivity contribution in [1.82, 2.24) is 19.9 Å². The first-order chi connectivity index (χ1) is 16.7. The van der Waals surface area contributed by atoms with E-state index < -0.39 is 23.9 Å². The zero-order valence-electron chi connectivity index (χ0n) is 19.3. The highest BCUT2D eigenvalue weighted by molar-refractivity contribution is 5.73. The molecule has 0 aliphatic heterocycles. The van der Waals surface area contributed by atoms with Gasteiger partial charge in [-0.25, -0.2) is 14.8 Å². The standard InChI is InChI=1S/C20H21F3N6.C2HF3O2/c1-13(15-5-4-6-16(9-15)20(21,22)23)26-18-10-19(28-14(2)27-18)29(3)12-17-11-24-7-8-25-17;3-2(4,5)1(6)7/h4-11,13H,12H2,1-3H3,(H,26,27,28);(H,6,7). The van der Waals surface area contributed by atoms with Crippen molar-refractivity contribution in [1.29, 1.82) is 0 Å². The van der Waals surface area contributed by atoms with Crippen LogP contribution >= 0.6 is 0 Å². The van der Waals surface area contributed by atoms with Crippen molar-refractivity contribution < 1.29 is 36.2 Å². The second-order valence-corrected chi connectivity index (χ2v) is 7.50. The van der Waals surface area contributed by atoms with Gasteiger partial charge in [0.05, 0.1) is 24.0 Å². The molecule has 3 aromatic rings. The topological polar surface area (TPSA) is 104 Å². The van der Waals surface area contributed by atoms with E-state index in [1.165, 1.54) is 6.07 Å². The molecule has 0 bridgehead atoms. The number of alkyl halides is 6. The third kappa shape index (κ3) is 8.67. The van der Waals surface area contributed by atoms with E-state index in [4.69, 9.17) is 9.90 Å². The first-order valence-electron chi connectivity index (χ1n) is 10.2. The molecular formula is C22H22F6N6O2. The van der Waals surface area contributed by atoms with Crippen LogP contribution in [0.25, 0.3) is 0 Å². The van der Waals surface area contributed by atoms with Crippen molar-refractivity contribution in [3.63, 3.8) is 0 Å². The van der Waals surface area contributed by atoms with Gasteiger partial charge in [-0.2, -0.15) is 26.3 Å². The lowest BCUT2D eigenvalue weighted by Crippen LogP contribution is -2.21. The SMILES string of the molecule is Cc1nc(NC(C)c2cccc(C(F)(F)F)c2)cc(N(C)Cc2cnccn2)n1.O=C(O)C(F)(F)F. The lowest BCUT2D eigenvalue weighted by Gasteiger charge is -2.21. The van der Waals surface area contributed by atoms with E-state index in [-0.39, 0.29) is 6.04 Å². The first-order valence-corrected chi connectivity index (χ1v) is 10.2. The molecule has 1 unspecified atom stereocenters. The van der Waals surface area contributed by atoms with Gasteiger partial charge in [0.1, 0.15) is 17.5 Å². The third-order valence-electron chi connectivity index (χ3n) is 4.55. The molecule has 8 nitrogen and oxygen atoms in total. The summed E-state index contributed by atoms with van der Waals surface area (Å²) in [4.78, 5) is 27.9. The monoisotopic (exact) mass is 516 g/mol. The maximum absolute atomic E-state index is 13.0. The fraction of sp³-hybridized carbons (Fsp3) is 0.318. The predicted molar refractivity (Wildman–Crippen MR) is 118 cm³/mol. The van der Waals surface area contributed by atoms with E-state index in [2.05, 4.69) is 25.3 Å². The average Bonchev–Trinajstić information content (AvgIpc) is 2.78. The Morgan fingerprint density at radius 1 is 1.11 bits per heavy atom. The number of aromatic nitrogens is 4. The maximum Gasteiger partial charge on any atom is 0.490 e. The Kier molecular flexibility index (Phi) is 9.14. The second kappa shape index (κ2) is 11.6. The minimum atomic E-state index is -5.08. The number of halogens is 6. The Morgan fingerprint density at radius 2 is 1.78 bits per heavy atom. The van der Waals surface area contributed by atoms with Gasteiger partial charge in [-0.15, -0.1) is 0 Å². The van der Waals surface area contributed by atoms with Crippen LogP contribution in [0, 0.1) is 6.92 Å². The fourth-order valence-corrected chi connectivity index (χ4v) is 2.85. The Bertz CT molecular complexity index is 1160.